The van der Waals surface area contributed by atoms with Crippen LogP contribution in [0.5, 0.6) is 0 Å². The van der Waals surface area contributed by atoms with Gasteiger partial charge in [0.15, 0.2) is 0 Å². The molecule has 0 aliphatic carbocycles. The number of piperazine rings is 1. The third-order valence-electron chi connectivity index (χ3n) is 4.29. The van der Waals surface area contributed by atoms with Crippen molar-refractivity contribution in [2.75, 3.05) is 52.9 Å². The van der Waals surface area contributed by atoms with E-state index < -0.39 is 0 Å². The van der Waals surface area contributed by atoms with Gasteiger partial charge in [0.2, 0.25) is 5.91 Å². The highest BCUT2D eigenvalue weighted by molar-refractivity contribution is 5.83. The second-order valence-corrected chi connectivity index (χ2v) is 6.19. The van der Waals surface area contributed by atoms with Crippen molar-refractivity contribution in [1.29, 1.82) is 0 Å². The predicted octanol–water partition coefficient (Wildman–Crippen LogP) is 1.09. The van der Waals surface area contributed by atoms with Crippen molar-refractivity contribution in [3.8, 4) is 0 Å². The van der Waals surface area contributed by atoms with Crippen molar-refractivity contribution in [2.24, 2.45) is 0 Å². The van der Waals surface area contributed by atoms with Crippen LogP contribution in [0.3, 0.4) is 0 Å². The summed E-state index contributed by atoms with van der Waals surface area (Å²) in [5, 5.41) is 6.41. The van der Waals surface area contributed by atoms with Crippen LogP contribution in [0, 0.1) is 0 Å². The number of nitrogens with zero attached hydrogens (tertiary/aromatic N) is 2. The molecule has 0 saturated carbocycles. The molecule has 5 nitrogen and oxygen atoms in total. The summed E-state index contributed by atoms with van der Waals surface area (Å²) in [5.74, 6) is 0.110. The molecule has 1 fully saturated rings. The molecule has 1 aliphatic heterocycles. The monoisotopic (exact) mass is 318 g/mol. The van der Waals surface area contributed by atoms with Gasteiger partial charge in [0, 0.05) is 39.3 Å². The van der Waals surface area contributed by atoms with Crippen molar-refractivity contribution >= 4 is 5.91 Å². The van der Waals surface area contributed by atoms with Crippen LogP contribution in [0.4, 0.5) is 0 Å². The van der Waals surface area contributed by atoms with Crippen LogP contribution in [0.25, 0.3) is 0 Å². The maximum absolute atomic E-state index is 12.8. The first-order valence-corrected chi connectivity index (χ1v) is 8.68. The Morgan fingerprint density at radius 1 is 1.09 bits per heavy atom. The van der Waals surface area contributed by atoms with Gasteiger partial charge in [0.1, 0.15) is 6.04 Å². The molecule has 0 bridgehead atoms. The Kier molecular flexibility index (Phi) is 7.52. The highest BCUT2D eigenvalue weighted by atomic mass is 16.2. The van der Waals surface area contributed by atoms with E-state index in [1.165, 1.54) is 0 Å². The third-order valence-corrected chi connectivity index (χ3v) is 4.29. The van der Waals surface area contributed by atoms with Gasteiger partial charge in [-0.3, -0.25) is 9.69 Å². The van der Waals surface area contributed by atoms with E-state index in [4.69, 9.17) is 0 Å². The van der Waals surface area contributed by atoms with Crippen LogP contribution in [0.2, 0.25) is 0 Å². The van der Waals surface area contributed by atoms with Gasteiger partial charge in [-0.15, -0.1) is 0 Å². The van der Waals surface area contributed by atoms with Crippen molar-refractivity contribution in [2.45, 2.75) is 19.4 Å². The average Bonchev–Trinajstić information content (AvgIpc) is 2.58. The topological polar surface area (TPSA) is 47.6 Å². The van der Waals surface area contributed by atoms with Crippen LogP contribution in [-0.4, -0.2) is 68.6 Å². The maximum atomic E-state index is 12.8. The highest BCUT2D eigenvalue weighted by Crippen LogP contribution is 2.22. The number of likely N-dealkylation sites (N-methyl/N-ethyl adjacent to an activating group) is 1. The van der Waals surface area contributed by atoms with E-state index in [9.17, 15) is 4.79 Å². The zero-order chi connectivity index (χ0) is 16.5. The van der Waals surface area contributed by atoms with Crippen molar-refractivity contribution in [1.82, 2.24) is 20.4 Å². The van der Waals surface area contributed by atoms with Gasteiger partial charge < -0.3 is 15.5 Å². The summed E-state index contributed by atoms with van der Waals surface area (Å²) in [5.41, 5.74) is 1.08. The number of carbonyl (C=O) groups excluding carboxylic acids is 1. The summed E-state index contributed by atoms with van der Waals surface area (Å²) in [6.45, 7) is 8.51. The molecule has 1 aliphatic rings. The fourth-order valence-electron chi connectivity index (χ4n) is 2.92. The number of rotatable bonds is 8. The quantitative estimate of drug-likeness (QED) is 0.705. The Balaban J connectivity index is 1.97. The fraction of sp³-hybridized carbons (Fsp3) is 0.611. The van der Waals surface area contributed by atoms with Crippen LogP contribution in [-0.2, 0) is 4.79 Å². The van der Waals surface area contributed by atoms with Gasteiger partial charge in [-0.1, -0.05) is 37.3 Å². The molecule has 128 valence electrons. The highest BCUT2D eigenvalue weighted by Gasteiger charge is 2.29. The van der Waals surface area contributed by atoms with Crippen LogP contribution in [0.1, 0.15) is 24.9 Å². The molecule has 0 spiro atoms. The smallest absolute Gasteiger partial charge is 0.242 e. The van der Waals surface area contributed by atoms with E-state index in [0.717, 1.165) is 51.3 Å². The Labute approximate surface area is 140 Å². The summed E-state index contributed by atoms with van der Waals surface area (Å²) in [6.07, 6.45) is 1.11. The van der Waals surface area contributed by atoms with Gasteiger partial charge in [-0.2, -0.15) is 0 Å². The summed E-state index contributed by atoms with van der Waals surface area (Å²) >= 11 is 0. The largest absolute Gasteiger partial charge is 0.353 e. The standard InChI is InChI=1S/C18H30N4O/c1-3-9-19-10-11-20-18(23)17(16-7-5-4-6-8-16)22-14-12-21(2)13-15-22/h4-8,17,19H,3,9-15H2,1-2H3,(H,20,23). The number of benzene rings is 1. The Morgan fingerprint density at radius 2 is 1.78 bits per heavy atom. The molecular weight excluding hydrogens is 288 g/mol. The third kappa shape index (κ3) is 5.61. The fourth-order valence-corrected chi connectivity index (χ4v) is 2.92. The minimum Gasteiger partial charge on any atom is -0.353 e. The molecule has 1 heterocycles. The van der Waals surface area contributed by atoms with Gasteiger partial charge in [0.25, 0.3) is 0 Å². The van der Waals surface area contributed by atoms with Crippen LogP contribution >= 0.6 is 0 Å². The molecular formula is C18H30N4O. The minimum absolute atomic E-state index is 0.110. The first-order chi connectivity index (χ1) is 11.2. The lowest BCUT2D eigenvalue weighted by atomic mass is 10.0. The Hall–Kier alpha value is -1.43. The summed E-state index contributed by atoms with van der Waals surface area (Å²) in [4.78, 5) is 17.4. The number of hydrogen-bond donors (Lipinski definition) is 2. The molecule has 0 aromatic heterocycles. The molecule has 5 heteroatoms. The molecule has 0 radical (unpaired) electrons. The first-order valence-electron chi connectivity index (χ1n) is 8.68. The van der Waals surface area contributed by atoms with Gasteiger partial charge in [0.05, 0.1) is 0 Å². The molecule has 1 aromatic carbocycles. The summed E-state index contributed by atoms with van der Waals surface area (Å²) in [7, 11) is 2.13. The zero-order valence-corrected chi connectivity index (χ0v) is 14.4. The van der Waals surface area contributed by atoms with Crippen LogP contribution < -0.4 is 10.6 Å². The van der Waals surface area contributed by atoms with E-state index in [1.807, 2.05) is 18.2 Å². The van der Waals surface area contributed by atoms with Crippen molar-refractivity contribution < 1.29 is 4.79 Å². The SMILES string of the molecule is CCCNCCNC(=O)C(c1ccccc1)N1CCN(C)CC1. The molecule has 1 unspecified atom stereocenters. The van der Waals surface area contributed by atoms with E-state index in [1.54, 1.807) is 0 Å². The number of hydrogen-bond acceptors (Lipinski definition) is 4. The van der Waals surface area contributed by atoms with Crippen molar-refractivity contribution in [3.05, 3.63) is 35.9 Å². The van der Waals surface area contributed by atoms with E-state index in [-0.39, 0.29) is 11.9 Å². The number of amides is 1. The zero-order valence-electron chi connectivity index (χ0n) is 14.4. The average molecular weight is 318 g/mol. The van der Waals surface area contributed by atoms with Gasteiger partial charge in [-0.25, -0.2) is 0 Å². The second kappa shape index (κ2) is 9.65. The Bertz CT molecular complexity index is 457. The molecule has 1 aromatic rings. The minimum atomic E-state index is -0.184. The van der Waals surface area contributed by atoms with E-state index in [0.29, 0.717) is 6.54 Å². The molecule has 2 N–H and O–H groups in total. The number of carbonyl (C=O) groups is 1. The lowest BCUT2D eigenvalue weighted by Crippen LogP contribution is -2.50. The van der Waals surface area contributed by atoms with E-state index >= 15 is 0 Å². The molecule has 1 amide bonds. The maximum Gasteiger partial charge on any atom is 0.242 e. The lowest BCUT2D eigenvalue weighted by molar-refractivity contribution is -0.127. The number of nitrogens with one attached hydrogen (secondary N) is 2. The van der Waals surface area contributed by atoms with Gasteiger partial charge >= 0.3 is 0 Å². The second-order valence-electron chi connectivity index (χ2n) is 6.19. The summed E-state index contributed by atoms with van der Waals surface area (Å²) < 4.78 is 0. The molecule has 1 saturated heterocycles. The lowest BCUT2D eigenvalue weighted by Gasteiger charge is -2.37. The van der Waals surface area contributed by atoms with Crippen LogP contribution in [0.15, 0.2) is 30.3 Å². The summed E-state index contributed by atoms with van der Waals surface area (Å²) in [6, 6.07) is 9.94. The normalized spacial score (nSPS) is 17.8. The molecule has 1 atom stereocenters. The first kappa shape index (κ1) is 17.9. The van der Waals surface area contributed by atoms with Gasteiger partial charge in [-0.05, 0) is 25.6 Å². The van der Waals surface area contributed by atoms with Crippen molar-refractivity contribution in [3.63, 3.8) is 0 Å². The van der Waals surface area contributed by atoms with E-state index in [2.05, 4.69) is 46.5 Å². The molecule has 2 rings (SSSR count). The Morgan fingerprint density at radius 3 is 2.43 bits per heavy atom. The molecule has 23 heavy (non-hydrogen) atoms. The predicted molar refractivity (Wildman–Crippen MR) is 94.4 cm³/mol.